The van der Waals surface area contributed by atoms with E-state index in [0.29, 0.717) is 6.04 Å². The summed E-state index contributed by atoms with van der Waals surface area (Å²) in [6.07, 6.45) is 6.95. The summed E-state index contributed by atoms with van der Waals surface area (Å²) in [7, 11) is 2.25. The zero-order chi connectivity index (χ0) is 13.1. The van der Waals surface area contributed by atoms with Crippen molar-refractivity contribution in [3.8, 4) is 0 Å². The molecule has 2 heteroatoms. The molecule has 0 radical (unpaired) electrons. The Labute approximate surface area is 114 Å². The second kappa shape index (κ2) is 6.38. The third kappa shape index (κ3) is 3.71. The zero-order valence-corrected chi connectivity index (χ0v) is 12.8. The third-order valence-corrected chi connectivity index (χ3v) is 5.57. The summed E-state index contributed by atoms with van der Waals surface area (Å²) in [5.74, 6) is 2.73. The average Bonchev–Trinajstić information content (AvgIpc) is 2.34. The van der Waals surface area contributed by atoms with Crippen LogP contribution in [0.4, 0.5) is 0 Å². The molecule has 2 nitrogen and oxygen atoms in total. The molecule has 1 saturated heterocycles. The fourth-order valence-electron chi connectivity index (χ4n) is 3.74. The highest BCUT2D eigenvalue weighted by molar-refractivity contribution is 4.85. The van der Waals surface area contributed by atoms with E-state index < -0.39 is 0 Å². The van der Waals surface area contributed by atoms with Crippen LogP contribution in [0, 0.1) is 17.8 Å². The molecule has 2 aliphatic rings. The van der Waals surface area contributed by atoms with Crippen molar-refractivity contribution in [2.75, 3.05) is 20.1 Å². The smallest absolute Gasteiger partial charge is 0.00723 e. The Kier molecular flexibility index (Phi) is 5.08. The summed E-state index contributed by atoms with van der Waals surface area (Å²) < 4.78 is 0. The van der Waals surface area contributed by atoms with Gasteiger partial charge in [0.1, 0.15) is 0 Å². The molecule has 0 aromatic carbocycles. The van der Waals surface area contributed by atoms with Crippen molar-refractivity contribution in [2.24, 2.45) is 17.8 Å². The summed E-state index contributed by atoms with van der Waals surface area (Å²) in [5, 5.41) is 3.94. The van der Waals surface area contributed by atoms with Crippen LogP contribution in [0.25, 0.3) is 0 Å². The molecule has 0 bridgehead atoms. The maximum Gasteiger partial charge on any atom is 0.00723 e. The van der Waals surface area contributed by atoms with E-state index in [1.165, 1.54) is 45.2 Å². The molecule has 0 amide bonds. The lowest BCUT2D eigenvalue weighted by Gasteiger charge is -2.38. The van der Waals surface area contributed by atoms with E-state index in [1.807, 2.05) is 0 Å². The van der Waals surface area contributed by atoms with Gasteiger partial charge >= 0.3 is 0 Å². The first kappa shape index (κ1) is 14.3. The minimum Gasteiger partial charge on any atom is -0.311 e. The topological polar surface area (TPSA) is 15.3 Å². The highest BCUT2D eigenvalue weighted by atomic mass is 15.1. The second-order valence-corrected chi connectivity index (χ2v) is 7.06. The van der Waals surface area contributed by atoms with Crippen LogP contribution in [0.2, 0.25) is 0 Å². The van der Waals surface area contributed by atoms with E-state index in [1.54, 1.807) is 0 Å². The Morgan fingerprint density at radius 2 is 1.67 bits per heavy atom. The van der Waals surface area contributed by atoms with Crippen LogP contribution in [0.15, 0.2) is 0 Å². The minimum atomic E-state index is 0.712. The largest absolute Gasteiger partial charge is 0.311 e. The summed E-state index contributed by atoms with van der Waals surface area (Å²) >= 11 is 0. The van der Waals surface area contributed by atoms with Gasteiger partial charge in [-0.1, -0.05) is 13.8 Å². The van der Waals surface area contributed by atoms with Crippen LogP contribution in [-0.2, 0) is 0 Å². The Morgan fingerprint density at radius 1 is 1.00 bits per heavy atom. The maximum atomic E-state index is 3.94. The lowest BCUT2D eigenvalue weighted by Crippen LogP contribution is -2.46. The molecule has 1 N–H and O–H groups in total. The fourth-order valence-corrected chi connectivity index (χ4v) is 3.74. The standard InChI is InChI=1S/C16H32N2/c1-12-5-6-16(11-13(12)2)17-14(3)15-7-9-18(4)10-8-15/h12-17H,5-11H2,1-4H3. The molecule has 2 rings (SSSR count). The predicted octanol–water partition coefficient (Wildman–Crippen LogP) is 3.13. The normalized spacial score (nSPS) is 37.7. The minimum absolute atomic E-state index is 0.712. The lowest BCUT2D eigenvalue weighted by atomic mass is 9.78. The quantitative estimate of drug-likeness (QED) is 0.830. The molecule has 2 fully saturated rings. The van der Waals surface area contributed by atoms with E-state index in [2.05, 4.69) is 38.0 Å². The van der Waals surface area contributed by atoms with Gasteiger partial charge < -0.3 is 10.2 Å². The molecule has 1 aliphatic carbocycles. The number of rotatable bonds is 3. The third-order valence-electron chi connectivity index (χ3n) is 5.57. The first-order valence-corrected chi connectivity index (χ1v) is 8.01. The number of nitrogens with one attached hydrogen (secondary N) is 1. The molecule has 4 atom stereocenters. The molecule has 0 spiro atoms. The van der Waals surface area contributed by atoms with Gasteiger partial charge in [-0.3, -0.25) is 0 Å². The number of hydrogen-bond donors (Lipinski definition) is 1. The van der Waals surface area contributed by atoms with Crippen LogP contribution in [0.3, 0.4) is 0 Å². The first-order chi connectivity index (χ1) is 8.56. The predicted molar refractivity (Wildman–Crippen MR) is 78.8 cm³/mol. The molecule has 1 heterocycles. The second-order valence-electron chi connectivity index (χ2n) is 7.06. The van der Waals surface area contributed by atoms with E-state index in [9.17, 15) is 0 Å². The van der Waals surface area contributed by atoms with Crippen molar-refractivity contribution in [1.82, 2.24) is 10.2 Å². The molecule has 18 heavy (non-hydrogen) atoms. The van der Waals surface area contributed by atoms with E-state index in [4.69, 9.17) is 0 Å². The molecule has 4 unspecified atom stereocenters. The lowest BCUT2D eigenvalue weighted by molar-refractivity contribution is 0.161. The highest BCUT2D eigenvalue weighted by Crippen LogP contribution is 2.30. The molecule has 106 valence electrons. The zero-order valence-electron chi connectivity index (χ0n) is 12.8. The SMILES string of the molecule is CC1CCC(NC(C)C2CCN(C)CC2)CC1C. The van der Waals surface area contributed by atoms with Gasteiger partial charge in [0.05, 0.1) is 0 Å². The average molecular weight is 252 g/mol. The van der Waals surface area contributed by atoms with Crippen LogP contribution >= 0.6 is 0 Å². The van der Waals surface area contributed by atoms with Crippen molar-refractivity contribution in [2.45, 2.75) is 65.0 Å². The maximum absolute atomic E-state index is 3.94. The van der Waals surface area contributed by atoms with Gasteiger partial charge in [-0.2, -0.15) is 0 Å². The number of likely N-dealkylation sites (tertiary alicyclic amines) is 1. The van der Waals surface area contributed by atoms with Crippen molar-refractivity contribution in [3.05, 3.63) is 0 Å². The fraction of sp³-hybridized carbons (Fsp3) is 1.00. The number of nitrogens with zero attached hydrogens (tertiary/aromatic N) is 1. The van der Waals surface area contributed by atoms with Crippen molar-refractivity contribution < 1.29 is 0 Å². The molecule has 0 aromatic heterocycles. The Bertz CT molecular complexity index is 245. The van der Waals surface area contributed by atoms with Crippen molar-refractivity contribution in [3.63, 3.8) is 0 Å². The van der Waals surface area contributed by atoms with Gasteiger partial charge in [-0.25, -0.2) is 0 Å². The van der Waals surface area contributed by atoms with Gasteiger partial charge in [0.25, 0.3) is 0 Å². The van der Waals surface area contributed by atoms with E-state index in [0.717, 1.165) is 23.8 Å². The Balaban J connectivity index is 1.75. The van der Waals surface area contributed by atoms with Gasteiger partial charge in [0.15, 0.2) is 0 Å². The summed E-state index contributed by atoms with van der Waals surface area (Å²) in [5.41, 5.74) is 0. The van der Waals surface area contributed by atoms with Crippen LogP contribution in [-0.4, -0.2) is 37.1 Å². The van der Waals surface area contributed by atoms with Crippen molar-refractivity contribution >= 4 is 0 Å². The molecule has 1 saturated carbocycles. The van der Waals surface area contributed by atoms with Crippen LogP contribution < -0.4 is 5.32 Å². The van der Waals surface area contributed by atoms with Gasteiger partial charge in [-0.05, 0) is 76.9 Å². The van der Waals surface area contributed by atoms with Gasteiger partial charge in [0, 0.05) is 12.1 Å². The summed E-state index contributed by atoms with van der Waals surface area (Å²) in [6, 6.07) is 1.50. The molecule has 0 aromatic rings. The van der Waals surface area contributed by atoms with Crippen molar-refractivity contribution in [1.29, 1.82) is 0 Å². The Hall–Kier alpha value is -0.0800. The first-order valence-electron chi connectivity index (χ1n) is 8.01. The summed E-state index contributed by atoms with van der Waals surface area (Å²) in [6.45, 7) is 9.84. The van der Waals surface area contributed by atoms with E-state index >= 15 is 0 Å². The van der Waals surface area contributed by atoms with Crippen LogP contribution in [0.1, 0.15) is 52.9 Å². The van der Waals surface area contributed by atoms with E-state index in [-0.39, 0.29) is 0 Å². The molecular weight excluding hydrogens is 220 g/mol. The summed E-state index contributed by atoms with van der Waals surface area (Å²) in [4.78, 5) is 2.47. The monoisotopic (exact) mass is 252 g/mol. The van der Waals surface area contributed by atoms with Gasteiger partial charge in [-0.15, -0.1) is 0 Å². The van der Waals surface area contributed by atoms with Gasteiger partial charge in [0.2, 0.25) is 0 Å². The number of piperidine rings is 1. The highest BCUT2D eigenvalue weighted by Gasteiger charge is 2.28. The number of hydrogen-bond acceptors (Lipinski definition) is 2. The molecule has 1 aliphatic heterocycles. The van der Waals surface area contributed by atoms with Crippen LogP contribution in [0.5, 0.6) is 0 Å². The Morgan fingerprint density at radius 3 is 2.28 bits per heavy atom. The molecular formula is C16H32N2.